The van der Waals surface area contributed by atoms with Gasteiger partial charge in [-0.2, -0.15) is 5.10 Å². The smallest absolute Gasteiger partial charge is 0.166 e. The van der Waals surface area contributed by atoms with E-state index >= 15 is 4.39 Å². The number of aromatic amines is 1. The molecule has 3 heterocycles. The maximum absolute atomic E-state index is 15.7. The van der Waals surface area contributed by atoms with E-state index in [4.69, 9.17) is 9.47 Å². The van der Waals surface area contributed by atoms with Gasteiger partial charge in [-0.25, -0.2) is 8.78 Å². The Kier molecular flexibility index (Phi) is 7.34. The zero-order valence-electron chi connectivity index (χ0n) is 22.4. The lowest BCUT2D eigenvalue weighted by Crippen LogP contribution is -2.06. The number of halogens is 2. The van der Waals surface area contributed by atoms with Crippen LogP contribution in [0.2, 0.25) is 0 Å². The highest BCUT2D eigenvalue weighted by Crippen LogP contribution is 2.40. The fourth-order valence-corrected chi connectivity index (χ4v) is 5.90. The van der Waals surface area contributed by atoms with E-state index in [0.717, 1.165) is 57.9 Å². The van der Waals surface area contributed by atoms with E-state index in [0.29, 0.717) is 68.0 Å². The number of aromatic nitrogens is 3. The first-order valence-corrected chi connectivity index (χ1v) is 13.8. The molecule has 0 unspecified atom stereocenters. The Hall–Kier alpha value is -4.04. The van der Waals surface area contributed by atoms with Crippen LogP contribution >= 0.6 is 0 Å². The molecule has 40 heavy (non-hydrogen) atoms. The molecule has 0 bridgehead atoms. The summed E-state index contributed by atoms with van der Waals surface area (Å²) in [6, 6.07) is 13.6. The van der Waals surface area contributed by atoms with Crippen LogP contribution in [0.1, 0.15) is 53.6 Å². The van der Waals surface area contributed by atoms with Crippen molar-refractivity contribution in [2.75, 3.05) is 13.2 Å². The Bertz CT molecular complexity index is 1710. The summed E-state index contributed by atoms with van der Waals surface area (Å²) in [6.45, 7) is 3.85. The maximum Gasteiger partial charge on any atom is 0.166 e. The molecule has 0 radical (unpaired) electrons. The summed E-state index contributed by atoms with van der Waals surface area (Å²) in [5, 5.41) is 9.63. The number of nitrogens with one attached hydrogen (secondary N) is 1. The molecule has 6 nitrogen and oxygen atoms in total. The number of carbonyl (C=O) groups is 1. The minimum absolute atomic E-state index is 0.285. The Morgan fingerprint density at radius 1 is 1.02 bits per heavy atom. The SMILES string of the molecule is CCc1n[nH]c2c1-c1c(F)ccc3c(CCCOc4ccc(F)c5ccccc45)c(C=O)n(c13)CCCCOC2. The molecule has 206 valence electrons. The first-order chi connectivity index (χ1) is 19.6. The van der Waals surface area contributed by atoms with Gasteiger partial charge in [0.15, 0.2) is 6.29 Å². The van der Waals surface area contributed by atoms with Gasteiger partial charge in [-0.1, -0.05) is 31.2 Å². The van der Waals surface area contributed by atoms with Crippen LogP contribution in [0.3, 0.4) is 0 Å². The summed E-state index contributed by atoms with van der Waals surface area (Å²) in [5.74, 6) is -0.0123. The van der Waals surface area contributed by atoms with Gasteiger partial charge in [0.05, 0.1) is 35.8 Å². The number of ether oxygens (including phenoxy) is 2. The van der Waals surface area contributed by atoms with Crippen molar-refractivity contribution in [3.05, 3.63) is 82.8 Å². The second-order valence-electron chi connectivity index (χ2n) is 10.1. The highest BCUT2D eigenvalue weighted by atomic mass is 19.1. The summed E-state index contributed by atoms with van der Waals surface area (Å²) in [6.07, 6.45) is 4.34. The Morgan fingerprint density at radius 2 is 1.85 bits per heavy atom. The van der Waals surface area contributed by atoms with E-state index in [2.05, 4.69) is 10.2 Å². The molecule has 1 N–H and O–H groups in total. The van der Waals surface area contributed by atoms with Crippen LogP contribution < -0.4 is 4.74 Å². The molecule has 0 spiro atoms. The van der Waals surface area contributed by atoms with E-state index < -0.39 is 0 Å². The number of aryl methyl sites for hydroxylation is 3. The predicted octanol–water partition coefficient (Wildman–Crippen LogP) is 7.16. The van der Waals surface area contributed by atoms with Gasteiger partial charge < -0.3 is 14.0 Å². The first-order valence-electron chi connectivity index (χ1n) is 13.8. The number of hydrogen-bond acceptors (Lipinski definition) is 4. The fraction of sp³-hybridized carbons (Fsp3) is 0.312. The number of hydrogen-bond donors (Lipinski definition) is 1. The minimum atomic E-state index is -0.349. The van der Waals surface area contributed by atoms with E-state index in [1.165, 1.54) is 12.1 Å². The second-order valence-corrected chi connectivity index (χ2v) is 10.1. The van der Waals surface area contributed by atoms with Crippen LogP contribution in [0.5, 0.6) is 5.75 Å². The molecule has 0 saturated carbocycles. The lowest BCUT2D eigenvalue weighted by Gasteiger charge is -2.12. The molecule has 2 aromatic heterocycles. The minimum Gasteiger partial charge on any atom is -0.493 e. The molecule has 0 saturated heterocycles. The molecule has 5 aromatic rings. The molecule has 0 fully saturated rings. The van der Waals surface area contributed by atoms with E-state index in [-0.39, 0.29) is 11.6 Å². The van der Waals surface area contributed by atoms with Gasteiger partial charge in [0.2, 0.25) is 0 Å². The van der Waals surface area contributed by atoms with Crippen LogP contribution in [0.15, 0.2) is 48.5 Å². The molecular formula is C32H31F2N3O3. The zero-order valence-corrected chi connectivity index (χ0v) is 22.4. The predicted molar refractivity (Wildman–Crippen MR) is 151 cm³/mol. The average molecular weight is 544 g/mol. The Balaban J connectivity index is 1.38. The average Bonchev–Trinajstić information content (AvgIpc) is 3.51. The molecule has 6 rings (SSSR count). The summed E-state index contributed by atoms with van der Waals surface area (Å²) in [4.78, 5) is 12.5. The number of rotatable bonds is 7. The van der Waals surface area contributed by atoms with E-state index in [9.17, 15) is 9.18 Å². The lowest BCUT2D eigenvalue weighted by atomic mass is 9.97. The lowest BCUT2D eigenvalue weighted by molar-refractivity contribution is 0.111. The molecule has 0 aliphatic carbocycles. The van der Waals surface area contributed by atoms with Crippen LogP contribution in [0.25, 0.3) is 32.8 Å². The summed E-state index contributed by atoms with van der Waals surface area (Å²) in [7, 11) is 0. The number of benzene rings is 3. The standard InChI is InChI=1S/C32H31F2N3O3/c1-2-26-31-27(36-35-26)19-39-16-6-5-15-37-28(18-38)21(23-11-12-25(34)30(31)32(23)37)10-7-17-40-29-14-13-24(33)20-8-3-4-9-22(20)29/h3-4,8-9,11-14,18H,2,5-7,10,15-17,19H2,1H3,(H,35,36). The number of carbonyl (C=O) groups excluding carboxylic acids is 1. The third-order valence-corrected chi connectivity index (χ3v) is 7.76. The van der Waals surface area contributed by atoms with Crippen molar-refractivity contribution in [1.29, 1.82) is 0 Å². The summed E-state index contributed by atoms with van der Waals surface area (Å²) >= 11 is 0. The van der Waals surface area contributed by atoms with E-state index in [1.54, 1.807) is 24.3 Å². The number of aldehydes is 1. The number of nitrogens with zero attached hydrogens (tertiary/aromatic N) is 2. The largest absolute Gasteiger partial charge is 0.493 e. The molecule has 1 aliphatic rings. The van der Waals surface area contributed by atoms with Crippen molar-refractivity contribution in [3.63, 3.8) is 0 Å². The van der Waals surface area contributed by atoms with Crippen molar-refractivity contribution >= 4 is 28.0 Å². The van der Waals surface area contributed by atoms with Gasteiger partial charge in [-0.05, 0) is 61.9 Å². The topological polar surface area (TPSA) is 69.1 Å². The van der Waals surface area contributed by atoms with Crippen molar-refractivity contribution < 1.29 is 23.0 Å². The molecule has 8 heteroatoms. The first kappa shape index (κ1) is 26.2. The third-order valence-electron chi connectivity index (χ3n) is 7.76. The highest BCUT2D eigenvalue weighted by Gasteiger charge is 2.26. The normalized spacial score (nSPS) is 13.8. The van der Waals surface area contributed by atoms with Crippen molar-refractivity contribution in [3.8, 4) is 16.9 Å². The molecule has 3 aromatic carbocycles. The zero-order chi connectivity index (χ0) is 27.6. The molecular weight excluding hydrogens is 512 g/mol. The van der Waals surface area contributed by atoms with Gasteiger partial charge in [0.1, 0.15) is 17.4 Å². The van der Waals surface area contributed by atoms with Crippen LogP contribution in [0, 0.1) is 11.6 Å². The van der Waals surface area contributed by atoms with Gasteiger partial charge in [0, 0.05) is 40.4 Å². The molecule has 0 atom stereocenters. The van der Waals surface area contributed by atoms with Crippen LogP contribution in [-0.4, -0.2) is 34.3 Å². The summed E-state index contributed by atoms with van der Waals surface area (Å²) in [5.41, 5.74) is 4.88. The van der Waals surface area contributed by atoms with Crippen molar-refractivity contribution in [2.45, 2.75) is 52.2 Å². The van der Waals surface area contributed by atoms with Gasteiger partial charge in [-0.3, -0.25) is 9.89 Å². The van der Waals surface area contributed by atoms with Gasteiger partial charge >= 0.3 is 0 Å². The quantitative estimate of drug-likeness (QED) is 0.175. The van der Waals surface area contributed by atoms with Crippen molar-refractivity contribution in [2.24, 2.45) is 0 Å². The van der Waals surface area contributed by atoms with Gasteiger partial charge in [0.25, 0.3) is 0 Å². The Labute approximate surface area is 230 Å². The monoisotopic (exact) mass is 543 g/mol. The van der Waals surface area contributed by atoms with Gasteiger partial charge in [-0.15, -0.1) is 0 Å². The van der Waals surface area contributed by atoms with Crippen LogP contribution in [-0.2, 0) is 30.7 Å². The number of H-pyrrole nitrogens is 1. The number of fused-ring (bicyclic) bond motifs is 3. The Morgan fingerprint density at radius 3 is 2.67 bits per heavy atom. The van der Waals surface area contributed by atoms with Crippen molar-refractivity contribution in [1.82, 2.24) is 14.8 Å². The third kappa shape index (κ3) is 4.56. The summed E-state index contributed by atoms with van der Waals surface area (Å²) < 4.78 is 43.9. The molecule has 0 amide bonds. The fourth-order valence-electron chi connectivity index (χ4n) is 5.90. The van der Waals surface area contributed by atoms with Crippen LogP contribution in [0.4, 0.5) is 8.78 Å². The molecule has 1 aliphatic heterocycles. The van der Waals surface area contributed by atoms with E-state index in [1.807, 2.05) is 23.6 Å². The highest BCUT2D eigenvalue weighted by molar-refractivity contribution is 6.02. The maximum atomic E-state index is 15.7. The second kappa shape index (κ2) is 11.2.